The zero-order valence-electron chi connectivity index (χ0n) is 15.9. The summed E-state index contributed by atoms with van der Waals surface area (Å²) in [6.45, 7) is 2.24. The minimum Gasteiger partial charge on any atom is -0.493 e. The molecule has 3 rings (SSSR count). The Morgan fingerprint density at radius 2 is 1.82 bits per heavy atom. The second kappa shape index (κ2) is 8.75. The number of halogens is 1. The van der Waals surface area contributed by atoms with Crippen LogP contribution in [0.2, 0.25) is 5.02 Å². The molecule has 146 valence electrons. The van der Waals surface area contributed by atoms with Crippen molar-refractivity contribution in [3.63, 3.8) is 0 Å². The highest BCUT2D eigenvalue weighted by Crippen LogP contribution is 2.27. The van der Waals surface area contributed by atoms with Crippen LogP contribution >= 0.6 is 11.6 Å². The minimum absolute atomic E-state index is 0.125. The van der Waals surface area contributed by atoms with Gasteiger partial charge in [0.1, 0.15) is 5.82 Å². The van der Waals surface area contributed by atoms with Gasteiger partial charge < -0.3 is 14.8 Å². The third-order valence-electron chi connectivity index (χ3n) is 4.19. The molecule has 3 aromatic rings. The van der Waals surface area contributed by atoms with Crippen LogP contribution in [-0.2, 0) is 6.42 Å². The van der Waals surface area contributed by atoms with Crippen molar-refractivity contribution in [1.29, 1.82) is 0 Å². The van der Waals surface area contributed by atoms with Crippen molar-refractivity contribution in [3.8, 4) is 17.2 Å². The molecule has 2 aromatic carbocycles. The largest absolute Gasteiger partial charge is 0.493 e. The van der Waals surface area contributed by atoms with Gasteiger partial charge in [-0.15, -0.1) is 5.10 Å². The van der Waals surface area contributed by atoms with Crippen LogP contribution in [0.5, 0.6) is 11.5 Å². The van der Waals surface area contributed by atoms with E-state index < -0.39 is 0 Å². The Balaban J connectivity index is 1.63. The average molecular weight is 401 g/mol. The Hall–Kier alpha value is -3.06. The maximum Gasteiger partial charge on any atom is 0.290 e. The molecule has 1 aromatic heterocycles. The summed E-state index contributed by atoms with van der Waals surface area (Å²) in [5, 5.41) is 7.78. The molecule has 0 aliphatic heterocycles. The minimum atomic E-state index is -0.323. The van der Waals surface area contributed by atoms with E-state index in [1.807, 2.05) is 30.3 Å². The first-order valence-electron chi connectivity index (χ1n) is 8.70. The van der Waals surface area contributed by atoms with Crippen molar-refractivity contribution in [3.05, 3.63) is 64.7 Å². The average Bonchev–Trinajstić information content (AvgIpc) is 3.10. The molecule has 0 saturated heterocycles. The summed E-state index contributed by atoms with van der Waals surface area (Å²) in [5.74, 6) is 1.75. The van der Waals surface area contributed by atoms with Gasteiger partial charge in [0.05, 0.1) is 19.9 Å². The summed E-state index contributed by atoms with van der Waals surface area (Å²) >= 11 is 5.91. The summed E-state index contributed by atoms with van der Waals surface area (Å²) in [6.07, 6.45) is 0.642. The van der Waals surface area contributed by atoms with Gasteiger partial charge in [0.15, 0.2) is 11.5 Å². The highest BCUT2D eigenvalue weighted by Gasteiger charge is 2.15. The van der Waals surface area contributed by atoms with Gasteiger partial charge in [0.25, 0.3) is 5.91 Å². The van der Waals surface area contributed by atoms with E-state index in [-0.39, 0.29) is 11.7 Å². The number of aryl methyl sites for hydroxylation is 1. The molecular weight excluding hydrogens is 380 g/mol. The Morgan fingerprint density at radius 3 is 2.50 bits per heavy atom. The fraction of sp³-hybridized carbons (Fsp3) is 0.250. The van der Waals surface area contributed by atoms with Crippen molar-refractivity contribution in [2.75, 3.05) is 20.8 Å². The Labute approximate surface area is 168 Å². The number of aromatic nitrogens is 3. The van der Waals surface area contributed by atoms with Crippen molar-refractivity contribution in [2.24, 2.45) is 0 Å². The maximum absolute atomic E-state index is 12.4. The highest BCUT2D eigenvalue weighted by atomic mass is 35.5. The van der Waals surface area contributed by atoms with E-state index in [0.717, 1.165) is 11.3 Å². The van der Waals surface area contributed by atoms with E-state index in [2.05, 4.69) is 15.4 Å². The standard InChI is InChI=1S/C20H21ClN4O3/c1-13-23-19(24-25(13)16-7-5-15(21)6-8-16)20(26)22-11-10-14-4-9-17(27-2)18(12-14)28-3/h4-9,12H,10-11H2,1-3H3,(H,22,26). The van der Waals surface area contributed by atoms with Gasteiger partial charge in [-0.05, 0) is 55.3 Å². The topological polar surface area (TPSA) is 78.3 Å². The predicted molar refractivity (Wildman–Crippen MR) is 107 cm³/mol. The van der Waals surface area contributed by atoms with Crippen LogP contribution in [0.1, 0.15) is 22.0 Å². The number of nitrogens with one attached hydrogen (secondary N) is 1. The molecular formula is C20H21ClN4O3. The van der Waals surface area contributed by atoms with Gasteiger partial charge in [-0.3, -0.25) is 4.79 Å². The fourth-order valence-corrected chi connectivity index (χ4v) is 2.87. The molecule has 0 aliphatic rings. The van der Waals surface area contributed by atoms with Gasteiger partial charge in [-0.2, -0.15) is 0 Å². The van der Waals surface area contributed by atoms with Crippen LogP contribution in [-0.4, -0.2) is 41.4 Å². The molecule has 0 aliphatic carbocycles. The predicted octanol–water partition coefficient (Wildman–Crippen LogP) is 3.22. The number of hydrogen-bond acceptors (Lipinski definition) is 5. The summed E-state index contributed by atoms with van der Waals surface area (Å²) in [5.41, 5.74) is 1.81. The van der Waals surface area contributed by atoms with E-state index >= 15 is 0 Å². The van der Waals surface area contributed by atoms with Gasteiger partial charge in [-0.1, -0.05) is 17.7 Å². The third kappa shape index (κ3) is 4.43. The second-order valence-electron chi connectivity index (χ2n) is 6.07. The zero-order valence-corrected chi connectivity index (χ0v) is 16.7. The molecule has 0 saturated carbocycles. The molecule has 0 atom stereocenters. The van der Waals surface area contributed by atoms with Crippen molar-refractivity contribution in [1.82, 2.24) is 20.1 Å². The van der Waals surface area contributed by atoms with Gasteiger partial charge >= 0.3 is 0 Å². The first kappa shape index (κ1) is 19.7. The number of methoxy groups -OCH3 is 2. The quantitative estimate of drug-likeness (QED) is 0.658. The third-order valence-corrected chi connectivity index (χ3v) is 4.44. The molecule has 0 unspecified atom stereocenters. The van der Waals surface area contributed by atoms with E-state index in [9.17, 15) is 4.79 Å². The Morgan fingerprint density at radius 1 is 1.11 bits per heavy atom. The molecule has 1 amide bonds. The van der Waals surface area contributed by atoms with Gasteiger partial charge in [0, 0.05) is 11.6 Å². The number of nitrogens with zero attached hydrogens (tertiary/aromatic N) is 3. The first-order chi connectivity index (χ1) is 13.5. The first-order valence-corrected chi connectivity index (χ1v) is 9.08. The molecule has 7 nitrogen and oxygen atoms in total. The number of carbonyl (C=O) groups excluding carboxylic acids is 1. The Bertz CT molecular complexity index is 970. The van der Waals surface area contributed by atoms with Crippen LogP contribution in [0.3, 0.4) is 0 Å². The van der Waals surface area contributed by atoms with E-state index in [0.29, 0.717) is 35.3 Å². The van der Waals surface area contributed by atoms with Crippen LogP contribution in [0, 0.1) is 6.92 Å². The molecule has 28 heavy (non-hydrogen) atoms. The smallest absolute Gasteiger partial charge is 0.290 e. The van der Waals surface area contributed by atoms with Crippen molar-refractivity contribution in [2.45, 2.75) is 13.3 Å². The van der Waals surface area contributed by atoms with Crippen LogP contribution in [0.15, 0.2) is 42.5 Å². The molecule has 0 spiro atoms. The lowest BCUT2D eigenvalue weighted by molar-refractivity contribution is 0.0944. The zero-order chi connectivity index (χ0) is 20.1. The lowest BCUT2D eigenvalue weighted by Crippen LogP contribution is -2.27. The number of ether oxygens (including phenoxy) is 2. The highest BCUT2D eigenvalue weighted by molar-refractivity contribution is 6.30. The van der Waals surface area contributed by atoms with E-state index in [1.54, 1.807) is 38.0 Å². The second-order valence-corrected chi connectivity index (χ2v) is 6.50. The summed E-state index contributed by atoms with van der Waals surface area (Å²) < 4.78 is 12.1. The van der Waals surface area contributed by atoms with Crippen molar-refractivity contribution >= 4 is 17.5 Å². The lowest BCUT2D eigenvalue weighted by Gasteiger charge is -2.09. The van der Waals surface area contributed by atoms with Crippen molar-refractivity contribution < 1.29 is 14.3 Å². The monoisotopic (exact) mass is 400 g/mol. The normalized spacial score (nSPS) is 10.6. The van der Waals surface area contributed by atoms with E-state index in [4.69, 9.17) is 21.1 Å². The van der Waals surface area contributed by atoms with Gasteiger partial charge in [-0.25, -0.2) is 9.67 Å². The van der Waals surface area contributed by atoms with Crippen LogP contribution < -0.4 is 14.8 Å². The van der Waals surface area contributed by atoms with Gasteiger partial charge in [0.2, 0.25) is 5.82 Å². The van der Waals surface area contributed by atoms with E-state index in [1.165, 1.54) is 0 Å². The number of benzene rings is 2. The molecule has 1 N–H and O–H groups in total. The molecule has 0 bridgehead atoms. The molecule has 1 heterocycles. The SMILES string of the molecule is COc1ccc(CCNC(=O)c2nc(C)n(-c3ccc(Cl)cc3)n2)cc1OC. The number of amides is 1. The molecule has 0 fully saturated rings. The molecule has 0 radical (unpaired) electrons. The summed E-state index contributed by atoms with van der Waals surface area (Å²) in [6, 6.07) is 12.8. The summed E-state index contributed by atoms with van der Waals surface area (Å²) in [4.78, 5) is 16.6. The lowest BCUT2D eigenvalue weighted by atomic mass is 10.1. The Kier molecular flexibility index (Phi) is 6.16. The van der Waals surface area contributed by atoms with Crippen LogP contribution in [0.25, 0.3) is 5.69 Å². The fourth-order valence-electron chi connectivity index (χ4n) is 2.75. The number of hydrogen-bond donors (Lipinski definition) is 1. The maximum atomic E-state index is 12.4. The number of carbonyl (C=O) groups is 1. The molecule has 8 heteroatoms. The number of rotatable bonds is 7. The summed E-state index contributed by atoms with van der Waals surface area (Å²) in [7, 11) is 3.18. The van der Waals surface area contributed by atoms with Crippen LogP contribution in [0.4, 0.5) is 0 Å².